The van der Waals surface area contributed by atoms with Gasteiger partial charge in [-0.3, -0.25) is 0 Å². The van der Waals surface area contributed by atoms with Crippen molar-refractivity contribution < 1.29 is 4.74 Å². The average molecular weight is 417 g/mol. The zero-order valence-corrected chi connectivity index (χ0v) is 15.7. The Morgan fingerprint density at radius 1 is 1.38 bits per heavy atom. The summed E-state index contributed by atoms with van der Waals surface area (Å²) < 4.78 is 8.41. The second-order valence-corrected chi connectivity index (χ2v) is 8.11. The van der Waals surface area contributed by atoms with Gasteiger partial charge in [0.25, 0.3) is 0 Å². The lowest BCUT2D eigenvalue weighted by Gasteiger charge is -2.49. The molecule has 1 aromatic carbocycles. The molecule has 2 unspecified atom stereocenters. The maximum Gasteiger partial charge on any atom is 0.0686 e. The van der Waals surface area contributed by atoms with Crippen molar-refractivity contribution in [3.63, 3.8) is 0 Å². The maximum absolute atomic E-state index is 6.10. The number of rotatable bonds is 4. The van der Waals surface area contributed by atoms with E-state index in [1.54, 1.807) is 0 Å². The Morgan fingerprint density at radius 3 is 2.81 bits per heavy atom. The van der Waals surface area contributed by atoms with Crippen LogP contribution in [0.25, 0.3) is 0 Å². The highest BCUT2D eigenvalue weighted by Gasteiger charge is 2.44. The molecule has 4 heteroatoms. The Morgan fingerprint density at radius 2 is 2.19 bits per heavy atom. The van der Waals surface area contributed by atoms with Gasteiger partial charge in [-0.2, -0.15) is 0 Å². The fourth-order valence-corrected chi connectivity index (χ4v) is 5.07. The van der Waals surface area contributed by atoms with Gasteiger partial charge in [-0.05, 0) is 62.3 Å². The summed E-state index contributed by atoms with van der Waals surface area (Å²) in [6, 6.07) is 6.95. The summed E-state index contributed by atoms with van der Waals surface area (Å²) in [5, 5.41) is 3.71. The van der Waals surface area contributed by atoms with Crippen LogP contribution in [0, 0.1) is 5.92 Å². The van der Waals surface area contributed by atoms with Crippen LogP contribution in [-0.4, -0.2) is 18.8 Å². The lowest BCUT2D eigenvalue weighted by molar-refractivity contribution is -0.147. The molecule has 2 atom stereocenters. The van der Waals surface area contributed by atoms with E-state index in [0.29, 0.717) is 12.0 Å². The second kappa shape index (κ2) is 6.69. The van der Waals surface area contributed by atoms with Crippen LogP contribution in [0.2, 0.25) is 0 Å². The number of hydrogen-bond acceptors (Lipinski definition) is 2. The molecule has 0 aromatic heterocycles. The normalized spacial score (nSPS) is 25.6. The Kier molecular flexibility index (Phi) is 5.09. The van der Waals surface area contributed by atoms with Crippen LogP contribution in [0.15, 0.2) is 27.1 Å². The largest absolute Gasteiger partial charge is 0.375 e. The number of benzene rings is 1. The lowest BCUT2D eigenvalue weighted by Crippen LogP contribution is -2.48. The maximum atomic E-state index is 6.10. The first-order valence-corrected chi connectivity index (χ1v) is 9.54. The predicted octanol–water partition coefficient (Wildman–Crippen LogP) is 5.21. The molecule has 3 rings (SSSR count). The summed E-state index contributed by atoms with van der Waals surface area (Å²) >= 11 is 7.29. The third-order valence-corrected chi connectivity index (χ3v) is 6.17. The van der Waals surface area contributed by atoms with Crippen molar-refractivity contribution in [1.29, 1.82) is 0 Å². The van der Waals surface area contributed by atoms with Gasteiger partial charge in [0.15, 0.2) is 0 Å². The summed E-state index contributed by atoms with van der Waals surface area (Å²) in [7, 11) is 0. The van der Waals surface area contributed by atoms with Gasteiger partial charge in [0.05, 0.1) is 5.60 Å². The third kappa shape index (κ3) is 3.39. The van der Waals surface area contributed by atoms with Crippen molar-refractivity contribution in [2.45, 2.75) is 50.7 Å². The van der Waals surface area contributed by atoms with E-state index >= 15 is 0 Å². The van der Waals surface area contributed by atoms with Crippen molar-refractivity contribution in [3.05, 3.63) is 32.7 Å². The average Bonchev–Trinajstić information content (AvgIpc) is 2.44. The fraction of sp³-hybridized carbons (Fsp3) is 0.647. The van der Waals surface area contributed by atoms with Gasteiger partial charge in [0.1, 0.15) is 0 Å². The van der Waals surface area contributed by atoms with Crippen molar-refractivity contribution in [1.82, 2.24) is 5.32 Å². The molecular weight excluding hydrogens is 394 g/mol. The van der Waals surface area contributed by atoms with Gasteiger partial charge in [0, 0.05) is 21.6 Å². The van der Waals surface area contributed by atoms with E-state index in [-0.39, 0.29) is 5.60 Å². The van der Waals surface area contributed by atoms with Crippen molar-refractivity contribution in [2.24, 2.45) is 5.92 Å². The Balaban J connectivity index is 1.83. The van der Waals surface area contributed by atoms with Crippen molar-refractivity contribution >= 4 is 31.9 Å². The first-order chi connectivity index (χ1) is 10.1. The molecule has 2 nitrogen and oxygen atoms in total. The summed E-state index contributed by atoms with van der Waals surface area (Å²) in [6.07, 6.45) is 6.20. The van der Waals surface area contributed by atoms with Crippen molar-refractivity contribution in [2.75, 3.05) is 13.2 Å². The molecule has 2 fully saturated rings. The minimum Gasteiger partial charge on any atom is -0.375 e. The number of halogens is 2. The molecule has 1 N–H and O–H groups in total. The Hall–Kier alpha value is 0.1000. The standard InChI is InChI=1S/C17H23Br2NO/c1-2-20-16(14-5-4-13(18)10-15(14)19)12-6-9-21-17(11-12)7-3-8-17/h4-5,10,12,16,20H,2-3,6-9,11H2,1H3. The molecule has 1 saturated heterocycles. The summed E-state index contributed by atoms with van der Waals surface area (Å²) in [6.45, 7) is 4.11. The van der Waals surface area contributed by atoms with E-state index in [1.807, 2.05) is 0 Å². The highest BCUT2D eigenvalue weighted by molar-refractivity contribution is 9.11. The molecule has 116 valence electrons. The molecule has 0 bridgehead atoms. The predicted molar refractivity (Wildman–Crippen MR) is 93.5 cm³/mol. The van der Waals surface area contributed by atoms with Crippen LogP contribution >= 0.6 is 31.9 Å². The first-order valence-electron chi connectivity index (χ1n) is 7.96. The van der Waals surface area contributed by atoms with Crippen LogP contribution in [0.3, 0.4) is 0 Å². The van der Waals surface area contributed by atoms with E-state index in [4.69, 9.17) is 4.74 Å². The van der Waals surface area contributed by atoms with Gasteiger partial charge in [-0.15, -0.1) is 0 Å². The van der Waals surface area contributed by atoms with Crippen LogP contribution < -0.4 is 5.32 Å². The zero-order chi connectivity index (χ0) is 14.9. The summed E-state index contributed by atoms with van der Waals surface area (Å²) in [4.78, 5) is 0. The number of nitrogens with one attached hydrogen (secondary N) is 1. The highest BCUT2D eigenvalue weighted by Crippen LogP contribution is 2.47. The number of ether oxygens (including phenoxy) is 1. The fourth-order valence-electron chi connectivity index (χ4n) is 3.77. The second-order valence-electron chi connectivity index (χ2n) is 6.34. The first kappa shape index (κ1) is 16.0. The van der Waals surface area contributed by atoms with E-state index < -0.39 is 0 Å². The zero-order valence-electron chi connectivity index (χ0n) is 12.5. The van der Waals surface area contributed by atoms with Gasteiger partial charge in [-0.1, -0.05) is 44.8 Å². The van der Waals surface area contributed by atoms with Gasteiger partial charge in [-0.25, -0.2) is 0 Å². The van der Waals surface area contributed by atoms with Gasteiger partial charge >= 0.3 is 0 Å². The van der Waals surface area contributed by atoms with E-state index in [2.05, 4.69) is 62.3 Å². The van der Waals surface area contributed by atoms with Crippen LogP contribution in [-0.2, 0) is 4.74 Å². The molecule has 1 spiro atoms. The van der Waals surface area contributed by atoms with E-state index in [9.17, 15) is 0 Å². The third-order valence-electron chi connectivity index (χ3n) is 4.99. The number of hydrogen-bond donors (Lipinski definition) is 1. The minimum absolute atomic E-state index is 0.207. The summed E-state index contributed by atoms with van der Waals surface area (Å²) in [5.74, 6) is 0.663. The van der Waals surface area contributed by atoms with Crippen LogP contribution in [0.4, 0.5) is 0 Å². The summed E-state index contributed by atoms with van der Waals surface area (Å²) in [5.41, 5.74) is 1.58. The molecule has 0 amide bonds. The van der Waals surface area contributed by atoms with E-state index in [1.165, 1.54) is 35.7 Å². The highest BCUT2D eigenvalue weighted by atomic mass is 79.9. The van der Waals surface area contributed by atoms with Gasteiger partial charge < -0.3 is 10.1 Å². The SMILES string of the molecule is CCNC(c1ccc(Br)cc1Br)C1CCOC2(CCC2)C1. The van der Waals surface area contributed by atoms with Crippen LogP contribution in [0.1, 0.15) is 50.6 Å². The quantitative estimate of drug-likeness (QED) is 0.727. The monoisotopic (exact) mass is 415 g/mol. The molecule has 0 radical (unpaired) electrons. The Labute approximate surface area is 144 Å². The topological polar surface area (TPSA) is 21.3 Å². The molecular formula is C17H23Br2NO. The molecule has 2 aliphatic rings. The van der Waals surface area contributed by atoms with Gasteiger partial charge in [0.2, 0.25) is 0 Å². The molecule has 1 aromatic rings. The molecule has 1 heterocycles. The smallest absolute Gasteiger partial charge is 0.0686 e. The van der Waals surface area contributed by atoms with E-state index in [0.717, 1.165) is 24.0 Å². The molecule has 1 aliphatic heterocycles. The Bertz CT molecular complexity index is 502. The molecule has 1 aliphatic carbocycles. The van der Waals surface area contributed by atoms with Crippen molar-refractivity contribution in [3.8, 4) is 0 Å². The van der Waals surface area contributed by atoms with Crippen LogP contribution in [0.5, 0.6) is 0 Å². The lowest BCUT2D eigenvalue weighted by atomic mass is 9.69. The minimum atomic E-state index is 0.207. The molecule has 1 saturated carbocycles. The molecule has 21 heavy (non-hydrogen) atoms.